The molecule has 4 N–H and O–H groups in total. The Bertz CT molecular complexity index is 694. The lowest BCUT2D eigenvalue weighted by atomic mass is 10.1. The molecule has 1 atom stereocenters. The summed E-state index contributed by atoms with van der Waals surface area (Å²) in [5.41, 5.74) is 5.86. The smallest absolute Gasteiger partial charge is 0.398 e. The number of nitrogen functional groups attached to an aromatic ring is 1. The van der Waals surface area contributed by atoms with Crippen LogP contribution in [0.2, 0.25) is 0 Å². The monoisotopic (exact) mass is 337 g/mol. The highest BCUT2D eigenvalue weighted by atomic mass is 19.4. The summed E-state index contributed by atoms with van der Waals surface area (Å²) in [6, 6.07) is 6.98. The first-order valence-corrected chi connectivity index (χ1v) is 7.71. The maximum atomic E-state index is 12.7. The van der Waals surface area contributed by atoms with Gasteiger partial charge in [-0.25, -0.2) is 0 Å². The Morgan fingerprint density at radius 3 is 2.58 bits per heavy atom. The molecule has 1 aromatic heterocycles. The van der Waals surface area contributed by atoms with Crippen molar-refractivity contribution in [3.05, 3.63) is 35.9 Å². The number of nitrogens with two attached hydrogens (primary N) is 1. The number of nitrogens with one attached hydrogen (secondary N) is 2. The minimum absolute atomic E-state index is 0.0244. The maximum absolute atomic E-state index is 12.7. The number of hydrogen-bond donors (Lipinski definition) is 3. The van der Waals surface area contributed by atoms with Gasteiger partial charge in [-0.15, -0.1) is 10.2 Å². The molecule has 24 heavy (non-hydrogen) atoms. The van der Waals surface area contributed by atoms with Crippen LogP contribution in [0, 0.1) is 0 Å². The van der Waals surface area contributed by atoms with Crippen LogP contribution < -0.4 is 16.4 Å². The lowest BCUT2D eigenvalue weighted by molar-refractivity contribution is -0.137. The quantitative estimate of drug-likeness (QED) is 0.751. The molecule has 0 bridgehead atoms. The number of benzene rings is 1. The number of rotatable bonds is 3. The lowest BCUT2D eigenvalue weighted by Gasteiger charge is -2.24. The molecule has 2 aromatic rings. The summed E-state index contributed by atoms with van der Waals surface area (Å²) in [6.07, 6.45) is -2.26. The van der Waals surface area contributed by atoms with Crippen molar-refractivity contribution < 1.29 is 13.2 Å². The molecule has 128 valence electrons. The van der Waals surface area contributed by atoms with Gasteiger partial charge in [0, 0.05) is 23.8 Å². The molecule has 0 radical (unpaired) electrons. The van der Waals surface area contributed by atoms with Crippen LogP contribution in [0.25, 0.3) is 11.3 Å². The van der Waals surface area contributed by atoms with Crippen LogP contribution in [0.4, 0.5) is 24.7 Å². The van der Waals surface area contributed by atoms with Crippen LogP contribution in [-0.2, 0) is 6.18 Å². The summed E-state index contributed by atoms with van der Waals surface area (Å²) >= 11 is 0. The zero-order valence-corrected chi connectivity index (χ0v) is 12.9. The minimum Gasteiger partial charge on any atom is -0.398 e. The molecule has 2 heterocycles. The van der Waals surface area contributed by atoms with E-state index in [9.17, 15) is 13.2 Å². The van der Waals surface area contributed by atoms with Crippen molar-refractivity contribution >= 4 is 11.5 Å². The molecule has 1 saturated heterocycles. The zero-order chi connectivity index (χ0) is 17.2. The Morgan fingerprint density at radius 1 is 1.17 bits per heavy atom. The van der Waals surface area contributed by atoms with Gasteiger partial charge in [0.05, 0.1) is 11.3 Å². The highest BCUT2D eigenvalue weighted by molar-refractivity contribution is 5.74. The van der Waals surface area contributed by atoms with E-state index < -0.39 is 11.7 Å². The second kappa shape index (κ2) is 6.64. The van der Waals surface area contributed by atoms with E-state index in [0.717, 1.165) is 38.1 Å². The summed E-state index contributed by atoms with van der Waals surface area (Å²) in [4.78, 5) is 0. The fourth-order valence-corrected chi connectivity index (χ4v) is 2.71. The van der Waals surface area contributed by atoms with Crippen LogP contribution in [0.3, 0.4) is 0 Å². The first-order valence-electron chi connectivity index (χ1n) is 7.71. The first-order chi connectivity index (χ1) is 11.4. The van der Waals surface area contributed by atoms with Gasteiger partial charge in [0.15, 0.2) is 0 Å². The zero-order valence-electron chi connectivity index (χ0n) is 12.9. The van der Waals surface area contributed by atoms with Crippen molar-refractivity contribution in [3.63, 3.8) is 0 Å². The molecule has 0 spiro atoms. The Labute approximate surface area is 137 Å². The van der Waals surface area contributed by atoms with E-state index in [2.05, 4.69) is 20.8 Å². The van der Waals surface area contributed by atoms with Gasteiger partial charge < -0.3 is 16.4 Å². The van der Waals surface area contributed by atoms with Gasteiger partial charge in [0.25, 0.3) is 0 Å². The normalized spacial score (nSPS) is 18.4. The van der Waals surface area contributed by atoms with Crippen LogP contribution >= 0.6 is 0 Å². The van der Waals surface area contributed by atoms with Crippen molar-refractivity contribution in [2.75, 3.05) is 24.1 Å². The van der Waals surface area contributed by atoms with E-state index in [1.54, 1.807) is 12.1 Å². The van der Waals surface area contributed by atoms with Gasteiger partial charge in [-0.3, -0.25) is 0 Å². The predicted octanol–water partition coefficient (Wildman–Crippen LogP) is 2.91. The van der Waals surface area contributed by atoms with Gasteiger partial charge in [-0.2, -0.15) is 13.2 Å². The maximum Gasteiger partial charge on any atom is 0.416 e. The Hall–Kier alpha value is -2.35. The molecular formula is C16H18F3N5. The van der Waals surface area contributed by atoms with E-state index in [-0.39, 0.29) is 5.69 Å². The summed E-state index contributed by atoms with van der Waals surface area (Å²) in [5.74, 6) is 0.637. The fourth-order valence-electron chi connectivity index (χ4n) is 2.71. The van der Waals surface area contributed by atoms with Gasteiger partial charge in [0.2, 0.25) is 0 Å². The number of anilines is 2. The van der Waals surface area contributed by atoms with Crippen molar-refractivity contribution in [2.45, 2.75) is 25.1 Å². The Balaban J connectivity index is 1.75. The van der Waals surface area contributed by atoms with E-state index in [0.29, 0.717) is 23.1 Å². The minimum atomic E-state index is -4.42. The molecule has 3 rings (SSSR count). The van der Waals surface area contributed by atoms with Crippen LogP contribution in [0.15, 0.2) is 30.3 Å². The molecule has 8 heteroatoms. The fraction of sp³-hybridized carbons (Fsp3) is 0.375. The van der Waals surface area contributed by atoms with E-state index in [4.69, 9.17) is 5.73 Å². The SMILES string of the molecule is Nc1cc(C(F)(F)F)ccc1-c1ccc(NC2CCCNC2)nn1. The Kier molecular flexibility index (Phi) is 4.57. The summed E-state index contributed by atoms with van der Waals surface area (Å²) in [7, 11) is 0. The van der Waals surface area contributed by atoms with E-state index in [1.165, 1.54) is 6.07 Å². The third-order valence-electron chi connectivity index (χ3n) is 3.97. The lowest BCUT2D eigenvalue weighted by Crippen LogP contribution is -2.38. The number of alkyl halides is 3. The van der Waals surface area contributed by atoms with Crippen molar-refractivity contribution in [1.82, 2.24) is 15.5 Å². The van der Waals surface area contributed by atoms with Crippen LogP contribution in [0.5, 0.6) is 0 Å². The second-order valence-corrected chi connectivity index (χ2v) is 5.79. The molecule has 1 aliphatic heterocycles. The average Bonchev–Trinajstić information content (AvgIpc) is 2.56. The molecule has 1 fully saturated rings. The van der Waals surface area contributed by atoms with Crippen LogP contribution in [0.1, 0.15) is 18.4 Å². The summed E-state index contributed by atoms with van der Waals surface area (Å²) in [5, 5.41) is 14.8. The third-order valence-corrected chi connectivity index (χ3v) is 3.97. The molecule has 0 aliphatic carbocycles. The highest BCUT2D eigenvalue weighted by Crippen LogP contribution is 2.34. The summed E-state index contributed by atoms with van der Waals surface area (Å²) in [6.45, 7) is 1.89. The number of hydrogen-bond acceptors (Lipinski definition) is 5. The summed E-state index contributed by atoms with van der Waals surface area (Å²) < 4.78 is 38.0. The van der Waals surface area contributed by atoms with Crippen molar-refractivity contribution in [1.29, 1.82) is 0 Å². The largest absolute Gasteiger partial charge is 0.416 e. The predicted molar refractivity (Wildman–Crippen MR) is 86.4 cm³/mol. The standard InChI is InChI=1S/C16H18F3N5/c17-16(18,19)10-3-4-12(13(20)8-10)14-5-6-15(24-23-14)22-11-2-1-7-21-9-11/h3-6,8,11,21H,1-2,7,9,20H2,(H,22,24). The van der Waals surface area contributed by atoms with E-state index >= 15 is 0 Å². The number of piperidine rings is 1. The first kappa shape index (κ1) is 16.5. The molecule has 5 nitrogen and oxygen atoms in total. The molecular weight excluding hydrogens is 319 g/mol. The highest BCUT2D eigenvalue weighted by Gasteiger charge is 2.30. The van der Waals surface area contributed by atoms with Crippen LogP contribution in [-0.4, -0.2) is 29.3 Å². The van der Waals surface area contributed by atoms with Crippen molar-refractivity contribution in [3.8, 4) is 11.3 Å². The molecule has 1 unspecified atom stereocenters. The number of aromatic nitrogens is 2. The van der Waals surface area contributed by atoms with Gasteiger partial charge >= 0.3 is 6.18 Å². The third kappa shape index (κ3) is 3.76. The van der Waals surface area contributed by atoms with Crippen molar-refractivity contribution in [2.24, 2.45) is 0 Å². The van der Waals surface area contributed by atoms with E-state index in [1.807, 2.05) is 0 Å². The average molecular weight is 337 g/mol. The van der Waals surface area contributed by atoms with Gasteiger partial charge in [-0.1, -0.05) is 6.07 Å². The Morgan fingerprint density at radius 2 is 2.00 bits per heavy atom. The topological polar surface area (TPSA) is 75.9 Å². The molecule has 0 saturated carbocycles. The number of nitrogens with zero attached hydrogens (tertiary/aromatic N) is 2. The van der Waals surface area contributed by atoms with Gasteiger partial charge in [-0.05, 0) is 43.7 Å². The molecule has 1 aliphatic rings. The molecule has 1 aromatic carbocycles. The van der Waals surface area contributed by atoms with Gasteiger partial charge in [0.1, 0.15) is 5.82 Å². The second-order valence-electron chi connectivity index (χ2n) is 5.79. The number of halogens is 3. The molecule has 0 amide bonds.